The SMILES string of the molecule is COC(=O)[C@@](C)(CO)NC(=O)[C@H](OC(C)=O)[C@@H](C)[C@@H](C)OC(C)=O. The Hall–Kier alpha value is -2.16. The second-order valence-electron chi connectivity index (χ2n) is 5.67. The van der Waals surface area contributed by atoms with Gasteiger partial charge in [0.25, 0.3) is 5.91 Å². The van der Waals surface area contributed by atoms with Gasteiger partial charge >= 0.3 is 17.9 Å². The summed E-state index contributed by atoms with van der Waals surface area (Å²) in [5, 5.41) is 11.7. The summed E-state index contributed by atoms with van der Waals surface area (Å²) in [7, 11) is 1.11. The number of ether oxygens (including phenoxy) is 3. The minimum Gasteiger partial charge on any atom is -0.467 e. The van der Waals surface area contributed by atoms with Gasteiger partial charge in [0.2, 0.25) is 0 Å². The van der Waals surface area contributed by atoms with Crippen LogP contribution in [0.1, 0.15) is 34.6 Å². The lowest BCUT2D eigenvalue weighted by atomic mass is 9.96. The number of methoxy groups -OCH3 is 1. The Morgan fingerprint density at radius 2 is 1.58 bits per heavy atom. The van der Waals surface area contributed by atoms with E-state index in [-0.39, 0.29) is 0 Å². The second kappa shape index (κ2) is 9.21. The van der Waals surface area contributed by atoms with Gasteiger partial charge < -0.3 is 24.6 Å². The van der Waals surface area contributed by atoms with Gasteiger partial charge in [-0.3, -0.25) is 14.4 Å². The molecule has 9 nitrogen and oxygen atoms in total. The number of aliphatic hydroxyl groups is 1. The van der Waals surface area contributed by atoms with Crippen molar-refractivity contribution in [3.63, 3.8) is 0 Å². The molecule has 0 spiro atoms. The van der Waals surface area contributed by atoms with Crippen LogP contribution < -0.4 is 5.32 Å². The number of hydrogen-bond donors (Lipinski definition) is 2. The van der Waals surface area contributed by atoms with E-state index in [9.17, 15) is 24.3 Å². The molecule has 0 heterocycles. The minimum atomic E-state index is -1.70. The molecule has 0 radical (unpaired) electrons. The molecule has 0 aliphatic carbocycles. The van der Waals surface area contributed by atoms with Gasteiger partial charge in [0.05, 0.1) is 13.7 Å². The topological polar surface area (TPSA) is 128 Å². The van der Waals surface area contributed by atoms with Crippen LogP contribution in [0.5, 0.6) is 0 Å². The summed E-state index contributed by atoms with van der Waals surface area (Å²) in [6, 6.07) is 0. The molecule has 0 aromatic rings. The molecule has 0 aromatic carbocycles. The lowest BCUT2D eigenvalue weighted by Gasteiger charge is -2.31. The maximum absolute atomic E-state index is 12.5. The highest BCUT2D eigenvalue weighted by molar-refractivity contribution is 5.90. The Labute approximate surface area is 140 Å². The molecule has 0 aliphatic heterocycles. The average Bonchev–Trinajstić information content (AvgIpc) is 2.49. The Bertz CT molecular complexity index is 492. The fourth-order valence-electron chi connectivity index (χ4n) is 1.92. The van der Waals surface area contributed by atoms with Crippen molar-refractivity contribution >= 4 is 23.8 Å². The number of carbonyl (C=O) groups excluding carboxylic acids is 4. The first kappa shape index (κ1) is 21.8. The highest BCUT2D eigenvalue weighted by Gasteiger charge is 2.41. The Kier molecular flexibility index (Phi) is 8.38. The molecule has 0 saturated carbocycles. The van der Waals surface area contributed by atoms with Crippen LogP contribution in [-0.4, -0.2) is 60.4 Å². The molecule has 138 valence electrons. The summed E-state index contributed by atoms with van der Waals surface area (Å²) in [6.07, 6.45) is -2.05. The predicted molar refractivity (Wildman–Crippen MR) is 81.6 cm³/mol. The van der Waals surface area contributed by atoms with Crippen molar-refractivity contribution in [2.75, 3.05) is 13.7 Å². The average molecular weight is 347 g/mol. The van der Waals surface area contributed by atoms with Crippen LogP contribution in [0.4, 0.5) is 0 Å². The molecule has 9 heteroatoms. The van der Waals surface area contributed by atoms with Gasteiger partial charge in [0.1, 0.15) is 6.10 Å². The number of rotatable bonds is 8. The van der Waals surface area contributed by atoms with Crippen LogP contribution in [0.25, 0.3) is 0 Å². The first-order chi connectivity index (χ1) is 11.0. The number of nitrogens with one attached hydrogen (secondary N) is 1. The lowest BCUT2D eigenvalue weighted by Crippen LogP contribution is -2.59. The smallest absolute Gasteiger partial charge is 0.333 e. The van der Waals surface area contributed by atoms with Crippen molar-refractivity contribution < 1.29 is 38.5 Å². The summed E-state index contributed by atoms with van der Waals surface area (Å²) < 4.78 is 14.5. The van der Waals surface area contributed by atoms with Crippen LogP contribution in [0.3, 0.4) is 0 Å². The Morgan fingerprint density at radius 1 is 1.08 bits per heavy atom. The van der Waals surface area contributed by atoms with E-state index in [0.717, 1.165) is 14.0 Å². The summed E-state index contributed by atoms with van der Waals surface area (Å²) in [4.78, 5) is 46.5. The van der Waals surface area contributed by atoms with Crippen LogP contribution in [-0.2, 0) is 33.4 Å². The lowest BCUT2D eigenvalue weighted by molar-refractivity contribution is -0.166. The van der Waals surface area contributed by atoms with E-state index >= 15 is 0 Å². The predicted octanol–water partition coefficient (Wildman–Crippen LogP) is -0.454. The fraction of sp³-hybridized carbons (Fsp3) is 0.733. The van der Waals surface area contributed by atoms with E-state index in [1.165, 1.54) is 13.8 Å². The van der Waals surface area contributed by atoms with Crippen molar-refractivity contribution in [1.29, 1.82) is 0 Å². The molecule has 24 heavy (non-hydrogen) atoms. The third-order valence-electron chi connectivity index (χ3n) is 3.47. The van der Waals surface area contributed by atoms with Gasteiger partial charge in [-0.2, -0.15) is 0 Å². The Balaban J connectivity index is 5.36. The minimum absolute atomic E-state index is 0.550. The summed E-state index contributed by atoms with van der Waals surface area (Å²) >= 11 is 0. The summed E-state index contributed by atoms with van der Waals surface area (Å²) in [5.41, 5.74) is -1.70. The molecular formula is C15H25NO8. The van der Waals surface area contributed by atoms with Gasteiger partial charge in [-0.05, 0) is 13.8 Å². The molecule has 0 unspecified atom stereocenters. The van der Waals surface area contributed by atoms with Crippen LogP contribution in [0.15, 0.2) is 0 Å². The zero-order chi connectivity index (χ0) is 19.1. The second-order valence-corrected chi connectivity index (χ2v) is 5.67. The van der Waals surface area contributed by atoms with E-state index in [2.05, 4.69) is 10.1 Å². The monoisotopic (exact) mass is 347 g/mol. The van der Waals surface area contributed by atoms with Gasteiger partial charge in [-0.25, -0.2) is 4.79 Å². The highest BCUT2D eigenvalue weighted by Crippen LogP contribution is 2.18. The van der Waals surface area contributed by atoms with Crippen LogP contribution in [0.2, 0.25) is 0 Å². The third-order valence-corrected chi connectivity index (χ3v) is 3.47. The number of aliphatic hydroxyl groups excluding tert-OH is 1. The molecule has 0 aliphatic rings. The van der Waals surface area contributed by atoms with Gasteiger partial charge in [0, 0.05) is 19.8 Å². The first-order valence-corrected chi connectivity index (χ1v) is 7.34. The van der Waals surface area contributed by atoms with Gasteiger partial charge in [-0.1, -0.05) is 6.92 Å². The van der Waals surface area contributed by atoms with Crippen molar-refractivity contribution in [2.45, 2.75) is 52.4 Å². The zero-order valence-corrected chi connectivity index (χ0v) is 14.7. The number of esters is 3. The maximum atomic E-state index is 12.5. The van der Waals surface area contributed by atoms with Gasteiger partial charge in [0.15, 0.2) is 11.6 Å². The van der Waals surface area contributed by atoms with Crippen LogP contribution in [0, 0.1) is 5.92 Å². The zero-order valence-electron chi connectivity index (χ0n) is 14.7. The van der Waals surface area contributed by atoms with E-state index in [0.29, 0.717) is 0 Å². The fourth-order valence-corrected chi connectivity index (χ4v) is 1.92. The van der Waals surface area contributed by atoms with Crippen LogP contribution >= 0.6 is 0 Å². The quantitative estimate of drug-likeness (QED) is 0.446. The standard InChI is InChI=1S/C15H25NO8/c1-8(9(2)23-10(3)18)12(24-11(4)19)13(20)16-15(5,7-17)14(21)22-6/h8-9,12,17H,7H2,1-6H3,(H,16,20)/t8-,9+,12+,15+/m0/s1. The van der Waals surface area contributed by atoms with Crippen molar-refractivity contribution in [3.8, 4) is 0 Å². The van der Waals surface area contributed by atoms with Gasteiger partial charge in [-0.15, -0.1) is 0 Å². The largest absolute Gasteiger partial charge is 0.467 e. The van der Waals surface area contributed by atoms with E-state index < -0.39 is 54.1 Å². The molecule has 0 aromatic heterocycles. The first-order valence-electron chi connectivity index (χ1n) is 7.34. The molecule has 0 rings (SSSR count). The van der Waals surface area contributed by atoms with Crippen molar-refractivity contribution in [2.24, 2.45) is 5.92 Å². The normalized spacial score (nSPS) is 16.8. The Morgan fingerprint density at radius 3 is 1.96 bits per heavy atom. The molecule has 0 saturated heterocycles. The number of hydrogen-bond acceptors (Lipinski definition) is 8. The number of amides is 1. The molecular weight excluding hydrogens is 322 g/mol. The third kappa shape index (κ3) is 6.15. The van der Waals surface area contributed by atoms with E-state index in [1.807, 2.05) is 0 Å². The van der Waals surface area contributed by atoms with E-state index in [4.69, 9.17) is 9.47 Å². The van der Waals surface area contributed by atoms with Crippen molar-refractivity contribution in [3.05, 3.63) is 0 Å². The summed E-state index contributed by atoms with van der Waals surface area (Å²) in [6.45, 7) is 5.98. The van der Waals surface area contributed by atoms with Crippen molar-refractivity contribution in [1.82, 2.24) is 5.32 Å². The number of carbonyl (C=O) groups is 4. The molecule has 4 atom stereocenters. The molecule has 2 N–H and O–H groups in total. The van der Waals surface area contributed by atoms with E-state index in [1.54, 1.807) is 13.8 Å². The molecule has 1 amide bonds. The molecule has 0 fully saturated rings. The maximum Gasteiger partial charge on any atom is 0.333 e. The molecule has 0 bridgehead atoms. The summed E-state index contributed by atoms with van der Waals surface area (Å²) in [5.74, 6) is -3.65. The highest BCUT2D eigenvalue weighted by atomic mass is 16.6.